The Hall–Kier alpha value is -1.26. The fourth-order valence-electron chi connectivity index (χ4n) is 2.99. The summed E-state index contributed by atoms with van der Waals surface area (Å²) in [6, 6.07) is 18.7. The Morgan fingerprint density at radius 3 is 2.40 bits per heavy atom. The fourth-order valence-corrected chi connectivity index (χ4v) is 2.99. The first kappa shape index (κ1) is 21.8. The van der Waals surface area contributed by atoms with Crippen molar-refractivity contribution in [1.82, 2.24) is 10.6 Å². The highest BCUT2D eigenvalue weighted by atomic mass is 35.5. The SMILES string of the molecule is Cl.Cl.c1ccc(COc2cccc(CNCC3CCNCC3)c2)cc1. The van der Waals surface area contributed by atoms with E-state index in [0.717, 1.165) is 37.8 Å². The van der Waals surface area contributed by atoms with Gasteiger partial charge in [-0.2, -0.15) is 0 Å². The monoisotopic (exact) mass is 382 g/mol. The van der Waals surface area contributed by atoms with Gasteiger partial charge in [0, 0.05) is 6.54 Å². The minimum Gasteiger partial charge on any atom is -0.489 e. The van der Waals surface area contributed by atoms with Crippen molar-refractivity contribution >= 4 is 24.8 Å². The van der Waals surface area contributed by atoms with E-state index in [9.17, 15) is 0 Å². The third-order valence-electron chi connectivity index (χ3n) is 4.37. The molecule has 0 atom stereocenters. The Labute approximate surface area is 163 Å². The van der Waals surface area contributed by atoms with E-state index in [1.807, 2.05) is 24.3 Å². The number of hydrogen-bond donors (Lipinski definition) is 2. The number of halogens is 2. The van der Waals surface area contributed by atoms with Gasteiger partial charge in [-0.25, -0.2) is 0 Å². The molecule has 138 valence electrons. The molecule has 0 aromatic heterocycles. The third-order valence-corrected chi connectivity index (χ3v) is 4.37. The van der Waals surface area contributed by atoms with Crippen molar-refractivity contribution in [2.45, 2.75) is 26.0 Å². The maximum absolute atomic E-state index is 5.89. The molecule has 3 nitrogen and oxygen atoms in total. The summed E-state index contributed by atoms with van der Waals surface area (Å²) < 4.78 is 5.89. The molecular weight excluding hydrogens is 355 g/mol. The summed E-state index contributed by atoms with van der Waals surface area (Å²) >= 11 is 0. The van der Waals surface area contributed by atoms with Crippen molar-refractivity contribution < 1.29 is 4.74 Å². The van der Waals surface area contributed by atoms with Gasteiger partial charge < -0.3 is 15.4 Å². The van der Waals surface area contributed by atoms with E-state index in [-0.39, 0.29) is 24.8 Å². The van der Waals surface area contributed by atoms with Crippen LogP contribution < -0.4 is 15.4 Å². The predicted molar refractivity (Wildman–Crippen MR) is 109 cm³/mol. The fraction of sp³-hybridized carbons (Fsp3) is 0.400. The van der Waals surface area contributed by atoms with Gasteiger partial charge in [-0.3, -0.25) is 0 Å². The largest absolute Gasteiger partial charge is 0.489 e. The van der Waals surface area contributed by atoms with Crippen LogP contribution in [0.15, 0.2) is 54.6 Å². The van der Waals surface area contributed by atoms with Crippen LogP contribution in [0.4, 0.5) is 0 Å². The minimum absolute atomic E-state index is 0. The summed E-state index contributed by atoms with van der Waals surface area (Å²) in [5.41, 5.74) is 2.48. The zero-order valence-corrected chi connectivity index (χ0v) is 16.1. The van der Waals surface area contributed by atoms with Crippen LogP contribution in [0.5, 0.6) is 5.75 Å². The average molecular weight is 383 g/mol. The second-order valence-corrected chi connectivity index (χ2v) is 6.25. The van der Waals surface area contributed by atoms with Gasteiger partial charge in [0.1, 0.15) is 12.4 Å². The summed E-state index contributed by atoms with van der Waals surface area (Å²) in [7, 11) is 0. The van der Waals surface area contributed by atoms with Crippen LogP contribution >= 0.6 is 24.8 Å². The van der Waals surface area contributed by atoms with Crippen molar-refractivity contribution in [1.29, 1.82) is 0 Å². The highest BCUT2D eigenvalue weighted by Gasteiger charge is 2.11. The maximum atomic E-state index is 5.89. The average Bonchev–Trinajstić information content (AvgIpc) is 2.62. The number of nitrogens with one attached hydrogen (secondary N) is 2. The van der Waals surface area contributed by atoms with E-state index in [2.05, 4.69) is 41.0 Å². The molecule has 1 aliphatic heterocycles. The van der Waals surface area contributed by atoms with E-state index >= 15 is 0 Å². The molecule has 0 bridgehead atoms. The molecular formula is C20H28Cl2N2O. The predicted octanol–water partition coefficient (Wildman–Crippen LogP) is 4.20. The van der Waals surface area contributed by atoms with Crippen molar-refractivity contribution in [3.63, 3.8) is 0 Å². The van der Waals surface area contributed by atoms with E-state index in [1.165, 1.54) is 24.0 Å². The van der Waals surface area contributed by atoms with Crippen LogP contribution in [0.25, 0.3) is 0 Å². The molecule has 2 aromatic rings. The van der Waals surface area contributed by atoms with Crippen LogP contribution in [0, 0.1) is 5.92 Å². The normalized spacial score (nSPS) is 14.2. The zero-order chi connectivity index (χ0) is 15.7. The molecule has 0 radical (unpaired) electrons. The highest BCUT2D eigenvalue weighted by molar-refractivity contribution is 5.85. The van der Waals surface area contributed by atoms with Crippen LogP contribution in [-0.2, 0) is 13.2 Å². The third kappa shape index (κ3) is 7.66. The number of rotatable bonds is 7. The molecule has 0 unspecified atom stereocenters. The van der Waals surface area contributed by atoms with Crippen LogP contribution in [0.2, 0.25) is 0 Å². The van der Waals surface area contributed by atoms with Crippen LogP contribution in [0.1, 0.15) is 24.0 Å². The lowest BCUT2D eigenvalue weighted by atomic mass is 9.98. The molecule has 0 aliphatic carbocycles. The topological polar surface area (TPSA) is 33.3 Å². The molecule has 3 rings (SSSR count). The van der Waals surface area contributed by atoms with Gasteiger partial charge in [-0.15, -0.1) is 24.8 Å². The summed E-state index contributed by atoms with van der Waals surface area (Å²) in [5.74, 6) is 1.75. The second-order valence-electron chi connectivity index (χ2n) is 6.25. The van der Waals surface area contributed by atoms with Crippen LogP contribution in [0.3, 0.4) is 0 Å². The molecule has 1 aliphatic rings. The first-order chi connectivity index (χ1) is 11.4. The number of piperidine rings is 1. The summed E-state index contributed by atoms with van der Waals surface area (Å²) in [6.45, 7) is 4.96. The lowest BCUT2D eigenvalue weighted by molar-refractivity contribution is 0.305. The smallest absolute Gasteiger partial charge is 0.120 e. The quantitative estimate of drug-likeness (QED) is 0.752. The molecule has 1 heterocycles. The van der Waals surface area contributed by atoms with E-state index in [0.29, 0.717) is 6.61 Å². The standard InChI is InChI=1S/C20H26N2O.2ClH/c1-2-5-18(6-3-1)16-23-20-8-4-7-19(13-20)15-22-14-17-9-11-21-12-10-17;;/h1-8,13,17,21-22H,9-12,14-16H2;2*1H. The van der Waals surface area contributed by atoms with Gasteiger partial charge in [0.15, 0.2) is 0 Å². The highest BCUT2D eigenvalue weighted by Crippen LogP contribution is 2.16. The number of ether oxygens (including phenoxy) is 1. The summed E-state index contributed by atoms with van der Waals surface area (Å²) in [5, 5.41) is 7.00. The first-order valence-corrected chi connectivity index (χ1v) is 8.57. The second kappa shape index (κ2) is 12.2. The van der Waals surface area contributed by atoms with E-state index in [1.54, 1.807) is 0 Å². The Bertz CT molecular complexity index is 589. The maximum Gasteiger partial charge on any atom is 0.120 e. The molecule has 1 fully saturated rings. The van der Waals surface area contributed by atoms with Crippen molar-refractivity contribution in [3.05, 3.63) is 65.7 Å². The Morgan fingerprint density at radius 1 is 0.920 bits per heavy atom. The number of benzene rings is 2. The van der Waals surface area contributed by atoms with Gasteiger partial charge in [-0.1, -0.05) is 42.5 Å². The Kier molecular flexibility index (Phi) is 10.6. The molecule has 5 heteroatoms. The zero-order valence-electron chi connectivity index (χ0n) is 14.4. The molecule has 0 spiro atoms. The van der Waals surface area contributed by atoms with E-state index in [4.69, 9.17) is 4.74 Å². The van der Waals surface area contributed by atoms with Crippen molar-refractivity contribution in [2.75, 3.05) is 19.6 Å². The minimum atomic E-state index is 0. The molecule has 0 amide bonds. The van der Waals surface area contributed by atoms with Gasteiger partial charge in [-0.05, 0) is 61.7 Å². The van der Waals surface area contributed by atoms with Gasteiger partial charge in [0.25, 0.3) is 0 Å². The van der Waals surface area contributed by atoms with Crippen molar-refractivity contribution in [3.8, 4) is 5.75 Å². The Balaban J connectivity index is 0.00000156. The molecule has 25 heavy (non-hydrogen) atoms. The van der Waals surface area contributed by atoms with Crippen LogP contribution in [-0.4, -0.2) is 19.6 Å². The summed E-state index contributed by atoms with van der Waals surface area (Å²) in [6.07, 6.45) is 2.57. The lowest BCUT2D eigenvalue weighted by Crippen LogP contribution is -2.33. The van der Waals surface area contributed by atoms with Gasteiger partial charge >= 0.3 is 0 Å². The molecule has 1 saturated heterocycles. The Morgan fingerprint density at radius 2 is 1.64 bits per heavy atom. The molecule has 2 N–H and O–H groups in total. The number of hydrogen-bond acceptors (Lipinski definition) is 3. The molecule has 2 aromatic carbocycles. The van der Waals surface area contributed by atoms with Gasteiger partial charge in [0.05, 0.1) is 0 Å². The van der Waals surface area contributed by atoms with Gasteiger partial charge in [0.2, 0.25) is 0 Å². The summed E-state index contributed by atoms with van der Waals surface area (Å²) in [4.78, 5) is 0. The first-order valence-electron chi connectivity index (χ1n) is 8.57. The lowest BCUT2D eigenvalue weighted by Gasteiger charge is -2.22. The van der Waals surface area contributed by atoms with Crippen molar-refractivity contribution in [2.24, 2.45) is 5.92 Å². The molecule has 0 saturated carbocycles. The van der Waals surface area contributed by atoms with E-state index < -0.39 is 0 Å².